The number of likely N-dealkylation sites (tertiary alicyclic amines) is 1. The minimum atomic E-state index is -0.602. The van der Waals surface area contributed by atoms with Gasteiger partial charge in [0.25, 0.3) is 0 Å². The number of rotatable bonds is 2. The molecule has 112 valence electrons. The summed E-state index contributed by atoms with van der Waals surface area (Å²) in [5.41, 5.74) is 0.677. The van der Waals surface area contributed by atoms with Crippen LogP contribution in [0.25, 0.3) is 0 Å². The Hall–Kier alpha value is -1.68. The highest BCUT2D eigenvalue weighted by atomic mass is 16.6. The number of nitrogens with zero attached hydrogens (tertiary/aromatic N) is 1. The monoisotopic (exact) mass is 287 g/mol. The molecule has 2 saturated heterocycles. The van der Waals surface area contributed by atoms with E-state index in [2.05, 4.69) is 17.0 Å². The summed E-state index contributed by atoms with van der Waals surface area (Å²) in [5, 5.41) is 0. The zero-order valence-corrected chi connectivity index (χ0v) is 12.7. The molecule has 2 fully saturated rings. The molecule has 0 N–H and O–H groups in total. The molecule has 4 heteroatoms. The minimum absolute atomic E-state index is 0.0380. The van der Waals surface area contributed by atoms with Gasteiger partial charge in [0.2, 0.25) is 0 Å². The van der Waals surface area contributed by atoms with E-state index in [4.69, 9.17) is 4.74 Å². The largest absolute Gasteiger partial charge is 0.457 e. The van der Waals surface area contributed by atoms with Crippen molar-refractivity contribution in [2.45, 2.75) is 31.9 Å². The van der Waals surface area contributed by atoms with Gasteiger partial charge in [-0.3, -0.25) is 14.5 Å². The third kappa shape index (κ3) is 2.27. The molecule has 3 rings (SSSR count). The SMILES string of the molecule is CC(=O)C1C(=O)OC2(C)CN(C)C(c3ccccc3)CC12. The number of ether oxygens (including phenoxy) is 1. The Kier molecular flexibility index (Phi) is 3.36. The van der Waals surface area contributed by atoms with Crippen molar-refractivity contribution in [3.63, 3.8) is 0 Å². The van der Waals surface area contributed by atoms with Crippen molar-refractivity contribution >= 4 is 11.8 Å². The quantitative estimate of drug-likeness (QED) is 0.618. The van der Waals surface area contributed by atoms with Crippen LogP contribution in [-0.4, -0.2) is 35.8 Å². The molecule has 0 radical (unpaired) electrons. The van der Waals surface area contributed by atoms with Gasteiger partial charge in [0.15, 0.2) is 0 Å². The van der Waals surface area contributed by atoms with E-state index in [1.807, 2.05) is 32.2 Å². The molecule has 0 aromatic heterocycles. The van der Waals surface area contributed by atoms with Crippen LogP contribution in [0.5, 0.6) is 0 Å². The van der Waals surface area contributed by atoms with E-state index in [1.165, 1.54) is 12.5 Å². The maximum Gasteiger partial charge on any atom is 0.317 e. The van der Waals surface area contributed by atoms with Crippen molar-refractivity contribution in [3.05, 3.63) is 35.9 Å². The summed E-state index contributed by atoms with van der Waals surface area (Å²) in [5.74, 6) is -1.07. The van der Waals surface area contributed by atoms with Gasteiger partial charge in [-0.1, -0.05) is 30.3 Å². The van der Waals surface area contributed by atoms with Gasteiger partial charge >= 0.3 is 5.97 Å². The van der Waals surface area contributed by atoms with Crippen LogP contribution in [-0.2, 0) is 14.3 Å². The smallest absolute Gasteiger partial charge is 0.317 e. The Morgan fingerprint density at radius 2 is 2.00 bits per heavy atom. The molecule has 1 aromatic rings. The number of Topliss-reactive ketones (excluding diaryl/α,β-unsaturated/α-hetero) is 1. The number of fused-ring (bicyclic) bond motifs is 1. The Morgan fingerprint density at radius 1 is 1.33 bits per heavy atom. The summed E-state index contributed by atoms with van der Waals surface area (Å²) in [4.78, 5) is 26.2. The molecular weight excluding hydrogens is 266 g/mol. The first kappa shape index (κ1) is 14.3. The number of carbonyl (C=O) groups is 2. The Bertz CT molecular complexity index is 571. The van der Waals surface area contributed by atoms with Gasteiger partial charge in [0.05, 0.1) is 0 Å². The maximum atomic E-state index is 12.1. The highest BCUT2D eigenvalue weighted by Gasteiger charge is 2.58. The lowest BCUT2D eigenvalue weighted by Gasteiger charge is -2.45. The number of likely N-dealkylation sites (N-methyl/N-ethyl adjacent to an activating group) is 1. The van der Waals surface area contributed by atoms with E-state index >= 15 is 0 Å². The molecule has 1 aromatic carbocycles. The minimum Gasteiger partial charge on any atom is -0.457 e. The molecular formula is C17H21NO3. The molecule has 0 aliphatic carbocycles. The van der Waals surface area contributed by atoms with Crippen LogP contribution in [0.15, 0.2) is 30.3 Å². The van der Waals surface area contributed by atoms with E-state index in [0.717, 1.165) is 6.42 Å². The fraction of sp³-hybridized carbons (Fsp3) is 0.529. The lowest BCUT2D eigenvalue weighted by molar-refractivity contribution is -0.153. The van der Waals surface area contributed by atoms with Crippen LogP contribution in [0.4, 0.5) is 0 Å². The predicted octanol–water partition coefficient (Wildman–Crippen LogP) is 2.20. The summed E-state index contributed by atoms with van der Waals surface area (Å²) in [7, 11) is 2.05. The fourth-order valence-electron chi connectivity index (χ4n) is 3.96. The van der Waals surface area contributed by atoms with E-state index in [1.54, 1.807) is 0 Å². The highest BCUT2D eigenvalue weighted by molar-refractivity contribution is 5.99. The first-order chi connectivity index (χ1) is 9.92. The van der Waals surface area contributed by atoms with Gasteiger partial charge in [-0.2, -0.15) is 0 Å². The summed E-state index contributed by atoms with van der Waals surface area (Å²) < 4.78 is 5.58. The van der Waals surface area contributed by atoms with Gasteiger partial charge in [-0.05, 0) is 32.9 Å². The molecule has 0 saturated carbocycles. The number of ketones is 1. The van der Waals surface area contributed by atoms with Crippen LogP contribution in [0.3, 0.4) is 0 Å². The third-order valence-corrected chi connectivity index (χ3v) is 4.97. The normalized spacial score (nSPS) is 36.1. The Labute approximate surface area is 125 Å². The second kappa shape index (κ2) is 4.95. The zero-order valence-electron chi connectivity index (χ0n) is 12.7. The van der Waals surface area contributed by atoms with Crippen molar-refractivity contribution in [1.29, 1.82) is 0 Å². The molecule has 21 heavy (non-hydrogen) atoms. The molecule has 0 spiro atoms. The third-order valence-electron chi connectivity index (χ3n) is 4.97. The van der Waals surface area contributed by atoms with Crippen LogP contribution >= 0.6 is 0 Å². The van der Waals surface area contributed by atoms with E-state index in [-0.39, 0.29) is 23.7 Å². The number of benzene rings is 1. The topological polar surface area (TPSA) is 46.6 Å². The van der Waals surface area contributed by atoms with Gasteiger partial charge in [-0.15, -0.1) is 0 Å². The average molecular weight is 287 g/mol. The van der Waals surface area contributed by atoms with Crippen LogP contribution in [0, 0.1) is 11.8 Å². The van der Waals surface area contributed by atoms with E-state index < -0.39 is 11.5 Å². The van der Waals surface area contributed by atoms with Gasteiger partial charge < -0.3 is 4.74 Å². The number of carbonyl (C=O) groups excluding carboxylic acids is 2. The second-order valence-corrected chi connectivity index (χ2v) is 6.51. The first-order valence-electron chi connectivity index (χ1n) is 7.41. The summed E-state index contributed by atoms with van der Waals surface area (Å²) in [6.07, 6.45) is 0.771. The van der Waals surface area contributed by atoms with Crippen molar-refractivity contribution in [1.82, 2.24) is 4.90 Å². The number of piperidine rings is 1. The van der Waals surface area contributed by atoms with Crippen molar-refractivity contribution < 1.29 is 14.3 Å². The Balaban J connectivity index is 1.93. The van der Waals surface area contributed by atoms with Gasteiger partial charge in [0, 0.05) is 18.5 Å². The van der Waals surface area contributed by atoms with Crippen LogP contribution in [0.1, 0.15) is 31.9 Å². The Morgan fingerprint density at radius 3 is 2.62 bits per heavy atom. The van der Waals surface area contributed by atoms with Gasteiger partial charge in [-0.25, -0.2) is 0 Å². The number of esters is 1. The highest BCUT2D eigenvalue weighted by Crippen LogP contribution is 2.48. The molecule has 2 aliphatic heterocycles. The standard InChI is InChI=1S/C17H21NO3/c1-11(19)15-13-9-14(12-7-5-4-6-8-12)18(3)10-17(13,2)21-16(15)20/h4-8,13-15H,9-10H2,1-3H3. The summed E-state index contributed by atoms with van der Waals surface area (Å²) >= 11 is 0. The van der Waals surface area contributed by atoms with Crippen LogP contribution in [0.2, 0.25) is 0 Å². The molecule has 4 atom stereocenters. The number of hydrogen-bond acceptors (Lipinski definition) is 4. The van der Waals surface area contributed by atoms with Crippen molar-refractivity contribution in [3.8, 4) is 0 Å². The zero-order chi connectivity index (χ0) is 15.2. The molecule has 4 nitrogen and oxygen atoms in total. The van der Waals surface area contributed by atoms with Crippen molar-refractivity contribution in [2.75, 3.05) is 13.6 Å². The second-order valence-electron chi connectivity index (χ2n) is 6.51. The van der Waals surface area contributed by atoms with E-state index in [9.17, 15) is 9.59 Å². The first-order valence-corrected chi connectivity index (χ1v) is 7.41. The average Bonchev–Trinajstić information content (AvgIpc) is 2.67. The van der Waals surface area contributed by atoms with E-state index in [0.29, 0.717) is 6.54 Å². The number of hydrogen-bond donors (Lipinski definition) is 0. The molecule has 0 amide bonds. The molecule has 2 heterocycles. The molecule has 0 bridgehead atoms. The van der Waals surface area contributed by atoms with Crippen LogP contribution < -0.4 is 0 Å². The summed E-state index contributed by atoms with van der Waals surface area (Å²) in [6, 6.07) is 10.5. The maximum absolute atomic E-state index is 12.1. The predicted molar refractivity (Wildman–Crippen MR) is 78.6 cm³/mol. The lowest BCUT2D eigenvalue weighted by Crippen LogP contribution is -2.51. The van der Waals surface area contributed by atoms with Gasteiger partial charge in [0.1, 0.15) is 17.3 Å². The summed E-state index contributed by atoms with van der Waals surface area (Å²) in [6.45, 7) is 4.11. The fourth-order valence-corrected chi connectivity index (χ4v) is 3.96. The molecule has 4 unspecified atom stereocenters. The molecule has 2 aliphatic rings. The van der Waals surface area contributed by atoms with Crippen molar-refractivity contribution in [2.24, 2.45) is 11.8 Å². The lowest BCUT2D eigenvalue weighted by atomic mass is 9.72.